The van der Waals surface area contributed by atoms with Gasteiger partial charge in [0, 0.05) is 29.5 Å². The molecular weight excluding hydrogens is 467 g/mol. The van der Waals surface area contributed by atoms with Crippen molar-refractivity contribution in [2.24, 2.45) is 0 Å². The highest BCUT2D eigenvalue weighted by Crippen LogP contribution is 2.57. The molecule has 1 aromatic heterocycles. The van der Waals surface area contributed by atoms with Crippen LogP contribution >= 0.6 is 0 Å². The van der Waals surface area contributed by atoms with Crippen molar-refractivity contribution in [1.82, 2.24) is 9.78 Å². The van der Waals surface area contributed by atoms with E-state index in [0.717, 1.165) is 34.1 Å². The number of aromatic nitrogens is 2. The van der Waals surface area contributed by atoms with Crippen LogP contribution in [-0.2, 0) is 16.8 Å². The standard InChI is InChI=1S/C28H26F3N3O2/c1-18-13-23(21-15-33-34(24(21)14-18)20-8-4-3-5-9-20)32-17-27(28(29,30)31)16-26(2,36-27)22-10-6-7-19-11-12-35-25(19)22/h3-10,13-15,32H,11-12,16-17H2,1-2H3/t26?,27-/m1/s1. The molecule has 36 heavy (non-hydrogen) atoms. The second-order valence-corrected chi connectivity index (χ2v) is 9.88. The van der Waals surface area contributed by atoms with Gasteiger partial charge < -0.3 is 14.8 Å². The summed E-state index contributed by atoms with van der Waals surface area (Å²) in [6.45, 7) is 3.76. The Labute approximate surface area is 206 Å². The van der Waals surface area contributed by atoms with Gasteiger partial charge in [-0.05, 0) is 49.2 Å². The Morgan fingerprint density at radius 3 is 2.61 bits per heavy atom. The maximum absolute atomic E-state index is 14.4. The molecule has 0 bridgehead atoms. The molecule has 4 aromatic rings. The number of ether oxygens (including phenoxy) is 2. The number of hydrogen-bond acceptors (Lipinski definition) is 4. The van der Waals surface area contributed by atoms with Crippen molar-refractivity contribution in [2.75, 3.05) is 18.5 Å². The van der Waals surface area contributed by atoms with Crippen LogP contribution in [0.15, 0.2) is 66.9 Å². The van der Waals surface area contributed by atoms with Gasteiger partial charge in [-0.2, -0.15) is 18.3 Å². The normalized spacial score (nSPS) is 23.2. The summed E-state index contributed by atoms with van der Waals surface area (Å²) in [6.07, 6.45) is -2.31. The molecule has 3 heterocycles. The maximum atomic E-state index is 14.4. The van der Waals surface area contributed by atoms with E-state index >= 15 is 0 Å². The summed E-state index contributed by atoms with van der Waals surface area (Å²) < 4.78 is 56.6. The first-order chi connectivity index (χ1) is 17.2. The predicted octanol–water partition coefficient (Wildman–Crippen LogP) is 6.32. The zero-order chi connectivity index (χ0) is 25.1. The predicted molar refractivity (Wildman–Crippen MR) is 132 cm³/mol. The summed E-state index contributed by atoms with van der Waals surface area (Å²) in [5, 5.41) is 8.30. The zero-order valence-electron chi connectivity index (χ0n) is 20.0. The summed E-state index contributed by atoms with van der Waals surface area (Å²) in [7, 11) is 0. The number of halogens is 3. The van der Waals surface area contributed by atoms with E-state index in [0.29, 0.717) is 23.6 Å². The minimum atomic E-state index is -4.55. The van der Waals surface area contributed by atoms with Crippen molar-refractivity contribution in [2.45, 2.75) is 44.1 Å². The number of hydrogen-bond donors (Lipinski definition) is 1. The van der Waals surface area contributed by atoms with Gasteiger partial charge in [0.05, 0.1) is 36.2 Å². The first-order valence-electron chi connectivity index (χ1n) is 12.0. The highest BCUT2D eigenvalue weighted by Gasteiger charge is 2.68. The number of fused-ring (bicyclic) bond motifs is 2. The summed E-state index contributed by atoms with van der Waals surface area (Å²) in [5.74, 6) is 0.664. The molecular formula is C28H26F3N3O2. The highest BCUT2D eigenvalue weighted by molar-refractivity contribution is 5.93. The maximum Gasteiger partial charge on any atom is 0.419 e. The van der Waals surface area contributed by atoms with Gasteiger partial charge in [0.25, 0.3) is 0 Å². The topological polar surface area (TPSA) is 48.3 Å². The fraction of sp³-hybridized carbons (Fsp3) is 0.321. The Morgan fingerprint density at radius 2 is 1.86 bits per heavy atom. The van der Waals surface area contributed by atoms with Crippen LogP contribution in [0, 0.1) is 6.92 Å². The van der Waals surface area contributed by atoms with Crippen molar-refractivity contribution in [3.8, 4) is 11.4 Å². The number of rotatable bonds is 5. The Morgan fingerprint density at radius 1 is 1.08 bits per heavy atom. The minimum absolute atomic E-state index is 0.200. The third kappa shape index (κ3) is 3.54. The third-order valence-electron chi connectivity index (χ3n) is 7.24. The van der Waals surface area contributed by atoms with E-state index in [9.17, 15) is 13.2 Å². The molecule has 0 aliphatic carbocycles. The number of alkyl halides is 3. The van der Waals surface area contributed by atoms with Gasteiger partial charge in [-0.15, -0.1) is 0 Å². The second-order valence-electron chi connectivity index (χ2n) is 9.88. The van der Waals surface area contributed by atoms with E-state index in [1.807, 2.05) is 61.5 Å². The molecule has 186 valence electrons. The molecule has 5 nitrogen and oxygen atoms in total. The summed E-state index contributed by atoms with van der Waals surface area (Å²) in [6, 6.07) is 19.1. The Bertz CT molecular complexity index is 1440. The number of anilines is 1. The van der Waals surface area contributed by atoms with Crippen LogP contribution < -0.4 is 10.1 Å². The highest BCUT2D eigenvalue weighted by atomic mass is 19.4. The smallest absolute Gasteiger partial charge is 0.419 e. The number of nitrogens with zero attached hydrogens (tertiary/aromatic N) is 2. The van der Waals surface area contributed by atoms with Crippen LogP contribution in [0.5, 0.6) is 5.75 Å². The number of benzene rings is 3. The van der Waals surface area contributed by atoms with E-state index < -0.39 is 23.9 Å². The van der Waals surface area contributed by atoms with Crippen LogP contribution in [-0.4, -0.2) is 34.7 Å². The van der Waals surface area contributed by atoms with E-state index in [1.54, 1.807) is 23.9 Å². The average molecular weight is 494 g/mol. The van der Waals surface area contributed by atoms with E-state index in [-0.39, 0.29) is 6.42 Å². The average Bonchev–Trinajstić information content (AvgIpc) is 3.47. The van der Waals surface area contributed by atoms with Gasteiger partial charge in [0.2, 0.25) is 0 Å². The van der Waals surface area contributed by atoms with Crippen molar-refractivity contribution in [3.05, 3.63) is 83.6 Å². The lowest BCUT2D eigenvalue weighted by Gasteiger charge is -2.55. The second kappa shape index (κ2) is 8.00. The molecule has 1 unspecified atom stereocenters. The Balaban J connectivity index is 1.30. The minimum Gasteiger partial charge on any atom is -0.493 e. The SMILES string of the molecule is Cc1cc(NC[C@@]2(C(F)(F)F)CC(C)(c3cccc4c3OCC4)O2)c2cnn(-c3ccccc3)c2c1. The van der Waals surface area contributed by atoms with Crippen molar-refractivity contribution in [3.63, 3.8) is 0 Å². The van der Waals surface area contributed by atoms with Crippen molar-refractivity contribution in [1.29, 1.82) is 0 Å². The van der Waals surface area contributed by atoms with Gasteiger partial charge in [0.15, 0.2) is 5.60 Å². The molecule has 2 aliphatic rings. The van der Waals surface area contributed by atoms with Crippen LogP contribution in [0.25, 0.3) is 16.6 Å². The molecule has 0 radical (unpaired) electrons. The lowest BCUT2D eigenvalue weighted by Crippen LogP contribution is -2.67. The van der Waals surface area contributed by atoms with Gasteiger partial charge in [0.1, 0.15) is 5.75 Å². The lowest BCUT2D eigenvalue weighted by atomic mass is 9.74. The van der Waals surface area contributed by atoms with Gasteiger partial charge in [-0.1, -0.05) is 36.4 Å². The summed E-state index contributed by atoms with van der Waals surface area (Å²) in [4.78, 5) is 0. The van der Waals surface area contributed by atoms with Crippen LogP contribution in [0.2, 0.25) is 0 Å². The van der Waals surface area contributed by atoms with Gasteiger partial charge in [-0.25, -0.2) is 4.68 Å². The zero-order valence-corrected chi connectivity index (χ0v) is 20.0. The fourth-order valence-corrected chi connectivity index (χ4v) is 5.53. The molecule has 0 spiro atoms. The van der Waals surface area contributed by atoms with Crippen LogP contribution in [0.1, 0.15) is 30.0 Å². The van der Waals surface area contributed by atoms with E-state index in [4.69, 9.17) is 9.47 Å². The van der Waals surface area contributed by atoms with E-state index in [1.165, 1.54) is 0 Å². The first kappa shape index (κ1) is 22.9. The third-order valence-corrected chi connectivity index (χ3v) is 7.24. The molecule has 1 fully saturated rings. The monoisotopic (exact) mass is 493 g/mol. The quantitative estimate of drug-likeness (QED) is 0.354. The summed E-state index contributed by atoms with van der Waals surface area (Å²) >= 11 is 0. The van der Waals surface area contributed by atoms with E-state index in [2.05, 4.69) is 10.4 Å². The lowest BCUT2D eigenvalue weighted by molar-refractivity contribution is -0.380. The number of para-hydroxylation sites is 2. The Kier molecular flexibility index (Phi) is 5.09. The molecule has 6 rings (SSSR count). The molecule has 2 atom stereocenters. The van der Waals surface area contributed by atoms with Crippen LogP contribution in [0.3, 0.4) is 0 Å². The number of aryl methyl sites for hydroxylation is 1. The van der Waals surface area contributed by atoms with Crippen molar-refractivity contribution >= 4 is 16.6 Å². The number of nitrogens with one attached hydrogen (secondary N) is 1. The fourth-order valence-electron chi connectivity index (χ4n) is 5.53. The van der Waals surface area contributed by atoms with Gasteiger partial charge in [-0.3, -0.25) is 0 Å². The summed E-state index contributed by atoms with van der Waals surface area (Å²) in [5.41, 5.74) is 1.52. The molecule has 1 saturated heterocycles. The molecule has 8 heteroatoms. The molecule has 0 saturated carbocycles. The molecule has 1 N–H and O–H groups in total. The Hall–Kier alpha value is -3.52. The molecule has 3 aromatic carbocycles. The molecule has 2 aliphatic heterocycles. The van der Waals surface area contributed by atoms with Crippen molar-refractivity contribution < 1.29 is 22.6 Å². The van der Waals surface area contributed by atoms with Gasteiger partial charge >= 0.3 is 6.18 Å². The molecule has 0 amide bonds. The van der Waals surface area contributed by atoms with Crippen LogP contribution in [0.4, 0.5) is 18.9 Å². The largest absolute Gasteiger partial charge is 0.493 e. The first-order valence-corrected chi connectivity index (χ1v) is 12.0.